The first-order valence-corrected chi connectivity index (χ1v) is 16.0. The Kier molecular flexibility index (Phi) is 10.5. The predicted molar refractivity (Wildman–Crippen MR) is 168 cm³/mol. The van der Waals surface area contributed by atoms with Gasteiger partial charge in [-0.25, -0.2) is 0 Å². The van der Waals surface area contributed by atoms with Crippen LogP contribution in [-0.2, 0) is 15.6 Å². The Hall–Kier alpha value is -2.12. The van der Waals surface area contributed by atoms with Crippen molar-refractivity contribution in [2.24, 2.45) is 0 Å². The summed E-state index contributed by atoms with van der Waals surface area (Å²) in [5.74, 6) is 2.18. The zero-order chi connectivity index (χ0) is 29.0. The molecule has 0 aromatic heterocycles. The number of ketones is 1. The van der Waals surface area contributed by atoms with Gasteiger partial charge in [0.05, 0.1) is 5.75 Å². The number of thioether (sulfide) groups is 2. The molecule has 0 bridgehead atoms. The van der Waals surface area contributed by atoms with Crippen molar-refractivity contribution in [3.63, 3.8) is 0 Å². The van der Waals surface area contributed by atoms with Crippen molar-refractivity contribution in [2.45, 2.75) is 82.8 Å². The van der Waals surface area contributed by atoms with E-state index < -0.39 is 0 Å². The number of hydrogen-bond acceptors (Lipinski definition) is 6. The summed E-state index contributed by atoms with van der Waals surface area (Å²) in [6, 6.07) is 12.0. The first-order chi connectivity index (χ1) is 18.2. The Morgan fingerprint density at radius 2 is 1.46 bits per heavy atom. The third kappa shape index (κ3) is 8.68. The molecule has 3 rings (SSSR count). The molecule has 214 valence electrons. The van der Waals surface area contributed by atoms with E-state index in [0.29, 0.717) is 16.8 Å². The highest BCUT2D eigenvalue weighted by atomic mass is 32.2. The second-order valence-electron chi connectivity index (χ2n) is 12.6. The van der Waals surface area contributed by atoms with Gasteiger partial charge in [0, 0.05) is 58.7 Å². The third-order valence-electron chi connectivity index (χ3n) is 7.20. The van der Waals surface area contributed by atoms with E-state index in [1.807, 2.05) is 40.9 Å². The number of hydrogen-bond donors (Lipinski definition) is 1. The van der Waals surface area contributed by atoms with E-state index in [-0.39, 0.29) is 22.5 Å². The van der Waals surface area contributed by atoms with E-state index in [1.165, 1.54) is 4.90 Å². The maximum absolute atomic E-state index is 12.8. The number of anilines is 1. The van der Waals surface area contributed by atoms with Gasteiger partial charge in [-0.1, -0.05) is 48.5 Å². The summed E-state index contributed by atoms with van der Waals surface area (Å²) in [5, 5.41) is 11.4. The molecular formula is C32H46N2O3S2. The molecule has 0 spiro atoms. The average molecular weight is 571 g/mol. The van der Waals surface area contributed by atoms with Gasteiger partial charge in [-0.3, -0.25) is 9.59 Å². The van der Waals surface area contributed by atoms with Crippen LogP contribution in [0, 0.1) is 0 Å². The maximum atomic E-state index is 12.8. The van der Waals surface area contributed by atoms with Crippen LogP contribution in [0.5, 0.6) is 5.75 Å². The summed E-state index contributed by atoms with van der Waals surface area (Å²) in [6.07, 6.45) is 1.02. The standard InChI is InChI=1S/C32H46N2O3S2/c1-22(39-26-19-27(31(3,4)5)30(37)28(20-26)32(6,7)8)13-18-38-21-29(36)34-16-14-33(15-17-34)25-11-9-24(10-12-25)23(2)35/h9-12,19-20,22,37H,13-18,21H2,1-8H3. The first-order valence-electron chi connectivity index (χ1n) is 13.9. The molecule has 1 N–H and O–H groups in total. The van der Waals surface area contributed by atoms with E-state index in [9.17, 15) is 14.7 Å². The fourth-order valence-corrected chi connectivity index (χ4v) is 6.97. The number of carbonyl (C=O) groups excluding carboxylic acids is 2. The number of piperazine rings is 1. The van der Waals surface area contributed by atoms with E-state index in [4.69, 9.17) is 0 Å². The number of phenolic OH excluding ortho intramolecular Hbond substituents is 1. The molecule has 0 aliphatic carbocycles. The van der Waals surface area contributed by atoms with Crippen molar-refractivity contribution in [3.05, 3.63) is 53.1 Å². The molecule has 7 heteroatoms. The van der Waals surface area contributed by atoms with Gasteiger partial charge in [0.15, 0.2) is 5.78 Å². The zero-order valence-electron chi connectivity index (χ0n) is 25.0. The van der Waals surface area contributed by atoms with E-state index in [0.717, 1.165) is 60.7 Å². The number of amides is 1. The third-order valence-corrected chi connectivity index (χ3v) is 9.32. The lowest BCUT2D eigenvalue weighted by Gasteiger charge is -2.36. The zero-order valence-corrected chi connectivity index (χ0v) is 26.6. The maximum Gasteiger partial charge on any atom is 0.232 e. The fourth-order valence-electron chi connectivity index (χ4n) is 4.73. The summed E-state index contributed by atoms with van der Waals surface area (Å²) >= 11 is 3.58. The van der Waals surface area contributed by atoms with Gasteiger partial charge in [-0.15, -0.1) is 11.8 Å². The summed E-state index contributed by atoms with van der Waals surface area (Å²) in [5.41, 5.74) is 3.56. The summed E-state index contributed by atoms with van der Waals surface area (Å²) in [7, 11) is 0. The van der Waals surface area contributed by atoms with Crippen LogP contribution in [0.1, 0.15) is 83.3 Å². The van der Waals surface area contributed by atoms with Crippen LogP contribution in [0.15, 0.2) is 41.3 Å². The fraction of sp³-hybridized carbons (Fsp3) is 0.562. The average Bonchev–Trinajstić information content (AvgIpc) is 2.86. The molecule has 1 fully saturated rings. The molecule has 1 saturated heterocycles. The van der Waals surface area contributed by atoms with Crippen LogP contribution < -0.4 is 4.90 Å². The number of Topliss-reactive ketones (excluding diaryl/α,β-unsaturated/α-hetero) is 1. The number of aromatic hydroxyl groups is 1. The molecule has 0 radical (unpaired) electrons. The van der Waals surface area contributed by atoms with Crippen molar-refractivity contribution >= 4 is 40.9 Å². The lowest BCUT2D eigenvalue weighted by molar-refractivity contribution is -0.128. The molecule has 1 aliphatic heterocycles. The van der Waals surface area contributed by atoms with E-state index in [2.05, 4.69) is 65.5 Å². The van der Waals surface area contributed by atoms with Crippen LogP contribution in [0.4, 0.5) is 5.69 Å². The molecule has 1 aliphatic rings. The van der Waals surface area contributed by atoms with Crippen LogP contribution in [0.2, 0.25) is 0 Å². The number of phenols is 1. The lowest BCUT2D eigenvalue weighted by Crippen LogP contribution is -2.49. The van der Waals surface area contributed by atoms with Crippen LogP contribution >= 0.6 is 23.5 Å². The van der Waals surface area contributed by atoms with Gasteiger partial charge >= 0.3 is 0 Å². The summed E-state index contributed by atoms with van der Waals surface area (Å²) < 4.78 is 0. The Bertz CT molecular complexity index is 1110. The minimum atomic E-state index is -0.133. The minimum Gasteiger partial charge on any atom is -0.507 e. The highest BCUT2D eigenvalue weighted by Crippen LogP contribution is 2.42. The van der Waals surface area contributed by atoms with Crippen LogP contribution in [-0.4, -0.2) is 64.6 Å². The van der Waals surface area contributed by atoms with E-state index in [1.54, 1.807) is 18.7 Å². The molecule has 2 aromatic carbocycles. The largest absolute Gasteiger partial charge is 0.507 e. The van der Waals surface area contributed by atoms with Gasteiger partial charge in [-0.05, 0) is 66.3 Å². The Morgan fingerprint density at radius 1 is 0.923 bits per heavy atom. The number of carbonyl (C=O) groups is 2. The molecule has 5 nitrogen and oxygen atoms in total. The summed E-state index contributed by atoms with van der Waals surface area (Å²) in [4.78, 5) is 29.8. The van der Waals surface area contributed by atoms with Crippen LogP contribution in [0.25, 0.3) is 0 Å². The molecular weight excluding hydrogens is 524 g/mol. The quantitative estimate of drug-likeness (QED) is 0.196. The smallest absolute Gasteiger partial charge is 0.232 e. The van der Waals surface area contributed by atoms with Crippen LogP contribution in [0.3, 0.4) is 0 Å². The Balaban J connectivity index is 1.45. The van der Waals surface area contributed by atoms with Gasteiger partial charge in [0.1, 0.15) is 5.75 Å². The second-order valence-corrected chi connectivity index (χ2v) is 15.2. The topological polar surface area (TPSA) is 60.9 Å². The number of benzene rings is 2. The first kappa shape index (κ1) is 31.4. The highest BCUT2D eigenvalue weighted by Gasteiger charge is 2.27. The van der Waals surface area contributed by atoms with Gasteiger partial charge in [-0.2, -0.15) is 11.8 Å². The van der Waals surface area contributed by atoms with Gasteiger partial charge in [0.2, 0.25) is 5.91 Å². The van der Waals surface area contributed by atoms with Gasteiger partial charge < -0.3 is 14.9 Å². The number of nitrogens with zero attached hydrogens (tertiary/aromatic N) is 2. The minimum absolute atomic E-state index is 0.0761. The summed E-state index contributed by atoms with van der Waals surface area (Å²) in [6.45, 7) is 19.8. The van der Waals surface area contributed by atoms with Crippen molar-refractivity contribution in [2.75, 3.05) is 42.6 Å². The Labute approximate surface area is 244 Å². The monoisotopic (exact) mass is 570 g/mol. The molecule has 2 aromatic rings. The molecule has 0 saturated carbocycles. The second kappa shape index (κ2) is 13.0. The van der Waals surface area contributed by atoms with Crippen molar-refractivity contribution in [3.8, 4) is 5.75 Å². The Morgan fingerprint density at radius 3 is 1.95 bits per heavy atom. The molecule has 1 heterocycles. The van der Waals surface area contributed by atoms with Gasteiger partial charge in [0.25, 0.3) is 0 Å². The lowest BCUT2D eigenvalue weighted by atomic mass is 9.79. The van der Waals surface area contributed by atoms with E-state index >= 15 is 0 Å². The van der Waals surface area contributed by atoms with Crippen molar-refractivity contribution < 1.29 is 14.7 Å². The highest BCUT2D eigenvalue weighted by molar-refractivity contribution is 8.00. The van der Waals surface area contributed by atoms with Crippen molar-refractivity contribution in [1.29, 1.82) is 0 Å². The molecule has 1 unspecified atom stereocenters. The predicted octanol–water partition coefficient (Wildman–Crippen LogP) is 7.14. The normalized spacial score (nSPS) is 15.4. The number of rotatable bonds is 9. The molecule has 39 heavy (non-hydrogen) atoms. The molecule has 1 amide bonds. The SMILES string of the molecule is CC(=O)c1ccc(N2CCN(C(=O)CSCCC(C)Sc3cc(C(C)(C)C)c(O)c(C(C)(C)C)c3)CC2)cc1. The molecule has 1 atom stereocenters. The van der Waals surface area contributed by atoms with Crippen molar-refractivity contribution in [1.82, 2.24) is 4.90 Å².